The number of aromatic nitrogens is 3. The van der Waals surface area contributed by atoms with Crippen LogP contribution in [0.15, 0.2) is 86.2 Å². The molecule has 0 amide bonds. The number of benzene rings is 3. The van der Waals surface area contributed by atoms with Gasteiger partial charge in [0.05, 0.1) is 17.5 Å². The van der Waals surface area contributed by atoms with E-state index in [1.165, 1.54) is 29.8 Å². The Labute approximate surface area is 215 Å². The molecule has 0 fully saturated rings. The quantitative estimate of drug-likeness (QED) is 0.211. The zero-order valence-corrected chi connectivity index (χ0v) is 19.9. The first kappa shape index (κ1) is 25.6. The summed E-state index contributed by atoms with van der Waals surface area (Å²) in [4.78, 5) is 10.5. The fourth-order valence-corrected chi connectivity index (χ4v) is 4.27. The molecule has 3 aromatic carbocycles. The van der Waals surface area contributed by atoms with Crippen LogP contribution in [-0.2, 0) is 6.42 Å². The normalized spacial score (nSPS) is 10.8. The van der Waals surface area contributed by atoms with Crippen molar-refractivity contribution in [2.45, 2.75) is 27.2 Å². The van der Waals surface area contributed by atoms with Gasteiger partial charge < -0.3 is 14.7 Å². The second-order valence-corrected chi connectivity index (χ2v) is 8.65. The van der Waals surface area contributed by atoms with Gasteiger partial charge in [-0.25, -0.2) is 13.8 Å². The van der Waals surface area contributed by atoms with Crippen molar-refractivity contribution >= 4 is 16.5 Å². The molecule has 0 aliphatic rings. The summed E-state index contributed by atoms with van der Waals surface area (Å²) in [5.41, 5.74) is 5.12. The van der Waals surface area contributed by atoms with Crippen molar-refractivity contribution in [3.63, 3.8) is 0 Å². The Balaban J connectivity index is 0.00000320. The van der Waals surface area contributed by atoms with Gasteiger partial charge in [0.1, 0.15) is 17.4 Å². The minimum atomic E-state index is -0.500. The number of allylic oxidation sites excluding steroid dienone is 1. The van der Waals surface area contributed by atoms with Crippen molar-refractivity contribution in [1.82, 2.24) is 15.0 Å². The van der Waals surface area contributed by atoms with Crippen LogP contribution >= 0.6 is 0 Å². The lowest BCUT2D eigenvalue weighted by molar-refractivity contribution is 0.439. The molecule has 188 valence electrons. The van der Waals surface area contributed by atoms with Crippen LogP contribution in [-0.4, -0.2) is 15.0 Å². The molecule has 37 heavy (non-hydrogen) atoms. The predicted octanol–water partition coefficient (Wildman–Crippen LogP) is 8.75. The SMILES string of the molecule is C.C=CCCc1cccc(C(=C)c2cnc(-c3cc(Oc4c(F)cc5[nH]ccc5c4C)ccc3F)[nH]2)c1. The van der Waals surface area contributed by atoms with Crippen LogP contribution in [0.3, 0.4) is 0 Å². The Kier molecular flexibility index (Phi) is 7.39. The Morgan fingerprint density at radius 2 is 1.92 bits per heavy atom. The van der Waals surface area contributed by atoms with Crippen molar-refractivity contribution in [3.05, 3.63) is 120 Å². The first-order valence-corrected chi connectivity index (χ1v) is 11.6. The molecule has 2 N–H and O–H groups in total. The molecule has 2 heterocycles. The average molecular weight is 498 g/mol. The third-order valence-corrected chi connectivity index (χ3v) is 6.24. The monoisotopic (exact) mass is 497 g/mol. The maximum atomic E-state index is 14.8. The van der Waals surface area contributed by atoms with Gasteiger partial charge in [-0.3, -0.25) is 0 Å². The summed E-state index contributed by atoms with van der Waals surface area (Å²) in [5, 5.41) is 0.858. The predicted molar refractivity (Wildman–Crippen MR) is 147 cm³/mol. The third kappa shape index (κ3) is 5.09. The number of H-pyrrole nitrogens is 2. The summed E-state index contributed by atoms with van der Waals surface area (Å²) in [6.07, 6.45) is 7.06. The second-order valence-electron chi connectivity index (χ2n) is 8.65. The zero-order valence-electron chi connectivity index (χ0n) is 19.9. The van der Waals surface area contributed by atoms with Crippen LogP contribution < -0.4 is 4.74 Å². The van der Waals surface area contributed by atoms with Crippen LogP contribution in [0.2, 0.25) is 0 Å². The Hall–Kier alpha value is -4.45. The van der Waals surface area contributed by atoms with E-state index in [2.05, 4.69) is 40.2 Å². The smallest absolute Gasteiger partial charge is 0.168 e. The first-order chi connectivity index (χ1) is 17.4. The lowest BCUT2D eigenvalue weighted by Crippen LogP contribution is -1.95. The first-order valence-electron chi connectivity index (χ1n) is 11.6. The molecule has 6 heteroatoms. The molecular weight excluding hydrogens is 468 g/mol. The molecule has 5 aromatic rings. The maximum absolute atomic E-state index is 14.8. The van der Waals surface area contributed by atoms with E-state index in [0.29, 0.717) is 28.3 Å². The number of nitrogens with zero attached hydrogens (tertiary/aromatic N) is 1. The van der Waals surface area contributed by atoms with Gasteiger partial charge in [0.15, 0.2) is 11.6 Å². The Morgan fingerprint density at radius 1 is 1.08 bits per heavy atom. The second kappa shape index (κ2) is 10.7. The van der Waals surface area contributed by atoms with Crippen molar-refractivity contribution in [2.75, 3.05) is 0 Å². The van der Waals surface area contributed by atoms with Crippen LogP contribution in [0.4, 0.5) is 8.78 Å². The van der Waals surface area contributed by atoms with Crippen molar-refractivity contribution in [3.8, 4) is 22.9 Å². The molecule has 0 radical (unpaired) electrons. The van der Waals surface area contributed by atoms with E-state index >= 15 is 0 Å². The summed E-state index contributed by atoms with van der Waals surface area (Å²) in [7, 11) is 0. The molecule has 0 unspecified atom stereocenters. The molecule has 4 nitrogen and oxygen atoms in total. The zero-order chi connectivity index (χ0) is 25.2. The van der Waals surface area contributed by atoms with Crippen molar-refractivity contribution in [1.29, 1.82) is 0 Å². The lowest BCUT2D eigenvalue weighted by atomic mass is 10.0. The summed E-state index contributed by atoms with van der Waals surface area (Å²) in [6.45, 7) is 9.77. The van der Waals surface area contributed by atoms with Gasteiger partial charge in [-0.2, -0.15) is 0 Å². The highest BCUT2D eigenvalue weighted by Gasteiger charge is 2.17. The maximum Gasteiger partial charge on any atom is 0.168 e. The number of imidazole rings is 1. The van der Waals surface area contributed by atoms with E-state index in [4.69, 9.17) is 4.74 Å². The molecule has 0 spiro atoms. The van der Waals surface area contributed by atoms with Crippen LogP contribution in [0.5, 0.6) is 11.5 Å². The Bertz CT molecular complexity index is 1600. The van der Waals surface area contributed by atoms with Gasteiger partial charge >= 0.3 is 0 Å². The van der Waals surface area contributed by atoms with E-state index in [-0.39, 0.29) is 18.7 Å². The van der Waals surface area contributed by atoms with Crippen molar-refractivity contribution in [2.24, 2.45) is 0 Å². The number of ether oxygens (including phenoxy) is 1. The number of hydrogen-bond acceptors (Lipinski definition) is 2. The van der Waals surface area contributed by atoms with Gasteiger partial charge in [0.25, 0.3) is 0 Å². The standard InChI is InChI=1S/C30H25F2N3O.CH4/c1-4-5-7-20-8-6-9-21(14-20)18(2)28-17-34-30(35-28)24-15-22(10-11-25(24)31)36-29-19(3)23-12-13-33-27(23)16-26(29)32;/h4,6,8-17,33H,1-2,5,7H2,3H3,(H,34,35);1H4. The van der Waals surface area contributed by atoms with Gasteiger partial charge in [-0.1, -0.05) is 44.3 Å². The number of fused-ring (bicyclic) bond motifs is 1. The molecule has 0 saturated heterocycles. The lowest BCUT2D eigenvalue weighted by Gasteiger charge is -2.12. The van der Waals surface area contributed by atoms with E-state index in [1.807, 2.05) is 24.3 Å². The van der Waals surface area contributed by atoms with Gasteiger partial charge in [0, 0.05) is 28.7 Å². The minimum absolute atomic E-state index is 0. The number of aromatic amines is 2. The molecule has 0 aliphatic carbocycles. The number of aryl methyl sites for hydroxylation is 2. The number of rotatable bonds is 8. The Morgan fingerprint density at radius 3 is 2.73 bits per heavy atom. The van der Waals surface area contributed by atoms with Crippen LogP contribution in [0.25, 0.3) is 27.9 Å². The molecule has 0 bridgehead atoms. The fourth-order valence-electron chi connectivity index (χ4n) is 4.27. The topological polar surface area (TPSA) is 53.7 Å². The van der Waals surface area contributed by atoms with Gasteiger partial charge in [-0.05, 0) is 60.7 Å². The molecule has 0 saturated carbocycles. The van der Waals surface area contributed by atoms with E-state index in [0.717, 1.165) is 29.4 Å². The van der Waals surface area contributed by atoms with Crippen LogP contribution in [0, 0.1) is 18.6 Å². The van der Waals surface area contributed by atoms with E-state index in [1.54, 1.807) is 19.3 Å². The largest absolute Gasteiger partial charge is 0.454 e. The highest BCUT2D eigenvalue weighted by atomic mass is 19.1. The van der Waals surface area contributed by atoms with E-state index < -0.39 is 11.6 Å². The van der Waals surface area contributed by atoms with Crippen LogP contribution in [0.1, 0.15) is 36.2 Å². The van der Waals surface area contributed by atoms with E-state index in [9.17, 15) is 8.78 Å². The summed E-state index contributed by atoms with van der Waals surface area (Å²) >= 11 is 0. The van der Waals surface area contributed by atoms with Gasteiger partial charge in [0.2, 0.25) is 0 Å². The summed E-state index contributed by atoms with van der Waals surface area (Å²) in [5.74, 6) is -0.242. The molecular formula is C31H29F2N3O. The highest BCUT2D eigenvalue weighted by Crippen LogP contribution is 2.35. The number of halogens is 2. The number of hydrogen-bond donors (Lipinski definition) is 2. The summed E-state index contributed by atoms with van der Waals surface area (Å²) < 4.78 is 35.4. The molecule has 0 aliphatic heterocycles. The molecule has 2 aromatic heterocycles. The van der Waals surface area contributed by atoms with Gasteiger partial charge in [-0.15, -0.1) is 6.58 Å². The minimum Gasteiger partial charge on any atom is -0.454 e. The molecule has 5 rings (SSSR count). The highest BCUT2D eigenvalue weighted by molar-refractivity contribution is 5.85. The average Bonchev–Trinajstić information content (AvgIpc) is 3.56. The fraction of sp³-hybridized carbons (Fsp3) is 0.129. The third-order valence-electron chi connectivity index (χ3n) is 6.24. The molecule has 0 atom stereocenters. The van der Waals surface area contributed by atoms with Crippen molar-refractivity contribution < 1.29 is 13.5 Å². The number of nitrogens with one attached hydrogen (secondary N) is 2. The summed E-state index contributed by atoms with van der Waals surface area (Å²) in [6, 6.07) is 15.6.